The van der Waals surface area contributed by atoms with E-state index in [-0.39, 0.29) is 17.3 Å². The second-order valence-electron chi connectivity index (χ2n) is 5.28. The summed E-state index contributed by atoms with van der Waals surface area (Å²) in [6.07, 6.45) is 0. The van der Waals surface area contributed by atoms with Crippen LogP contribution in [0.4, 0.5) is 4.39 Å². The maximum absolute atomic E-state index is 13.8. The molecule has 2 rings (SSSR count). The second-order valence-corrected chi connectivity index (χ2v) is 6.33. The van der Waals surface area contributed by atoms with Crippen LogP contribution in [0.3, 0.4) is 0 Å². The van der Waals surface area contributed by atoms with Crippen molar-refractivity contribution in [2.75, 3.05) is 7.11 Å². The first kappa shape index (κ1) is 13.8. The van der Waals surface area contributed by atoms with Crippen molar-refractivity contribution in [3.63, 3.8) is 0 Å². The van der Waals surface area contributed by atoms with Crippen LogP contribution in [-0.2, 0) is 0 Å². The molecular weight excluding hydrogens is 265 g/mol. The van der Waals surface area contributed by atoms with Crippen molar-refractivity contribution in [2.24, 2.45) is 0 Å². The zero-order valence-corrected chi connectivity index (χ0v) is 12.2. The third-order valence-electron chi connectivity index (χ3n) is 2.52. The minimum Gasteiger partial charge on any atom is -0.494 e. The summed E-state index contributed by atoms with van der Waals surface area (Å²) in [4.78, 5) is 12.6. The smallest absolute Gasteiger partial charge is 0.265 e. The van der Waals surface area contributed by atoms with Crippen LogP contribution in [0.25, 0.3) is 10.1 Å². The monoisotopic (exact) mass is 281 g/mol. The molecule has 0 fully saturated rings. The summed E-state index contributed by atoms with van der Waals surface area (Å²) in [6.45, 7) is 5.68. The predicted octanol–water partition coefficient (Wildman–Crippen LogP) is 3.58. The van der Waals surface area contributed by atoms with Gasteiger partial charge in [0.25, 0.3) is 5.91 Å². The van der Waals surface area contributed by atoms with E-state index in [2.05, 4.69) is 5.32 Å². The Bertz CT molecular complexity index is 628. The molecule has 0 saturated carbocycles. The van der Waals surface area contributed by atoms with E-state index in [1.165, 1.54) is 24.5 Å². The average molecular weight is 281 g/mol. The van der Waals surface area contributed by atoms with Crippen LogP contribution >= 0.6 is 11.3 Å². The van der Waals surface area contributed by atoms with E-state index in [9.17, 15) is 9.18 Å². The van der Waals surface area contributed by atoms with Crippen LogP contribution in [0.1, 0.15) is 30.4 Å². The normalized spacial score (nSPS) is 11.6. The lowest BCUT2D eigenvalue weighted by atomic mass is 10.1. The molecule has 1 N–H and O–H groups in total. The highest BCUT2D eigenvalue weighted by molar-refractivity contribution is 7.21. The van der Waals surface area contributed by atoms with Gasteiger partial charge in [-0.25, -0.2) is 4.39 Å². The number of amides is 1. The van der Waals surface area contributed by atoms with Gasteiger partial charge in [-0.15, -0.1) is 11.3 Å². The Kier molecular flexibility index (Phi) is 3.49. The molecule has 0 aliphatic rings. The number of hydrogen-bond acceptors (Lipinski definition) is 3. The Labute approximate surface area is 115 Å². The molecule has 2 aromatic rings. The van der Waals surface area contributed by atoms with E-state index in [0.717, 1.165) is 0 Å². The molecule has 19 heavy (non-hydrogen) atoms. The Morgan fingerprint density at radius 2 is 2.05 bits per heavy atom. The van der Waals surface area contributed by atoms with Gasteiger partial charge in [-0.1, -0.05) is 6.07 Å². The number of methoxy groups -OCH3 is 1. The molecule has 0 aliphatic heterocycles. The summed E-state index contributed by atoms with van der Waals surface area (Å²) in [7, 11) is 1.45. The number of halogens is 1. The van der Waals surface area contributed by atoms with E-state index in [0.29, 0.717) is 20.7 Å². The Morgan fingerprint density at radius 1 is 1.37 bits per heavy atom. The van der Waals surface area contributed by atoms with Crippen LogP contribution in [0.15, 0.2) is 18.2 Å². The highest BCUT2D eigenvalue weighted by Crippen LogP contribution is 2.39. The zero-order valence-electron chi connectivity index (χ0n) is 11.3. The zero-order chi connectivity index (χ0) is 14.2. The molecule has 0 spiro atoms. The standard InChI is InChI=1S/C14H16FNO2S/c1-14(2,3)16-13(17)12-11(18-4)10-8(15)6-5-7-9(10)19-12/h5-7H,1-4H3,(H,16,17). The summed E-state index contributed by atoms with van der Waals surface area (Å²) in [5.74, 6) is -0.315. The number of rotatable bonds is 2. The van der Waals surface area contributed by atoms with Gasteiger partial charge in [0.1, 0.15) is 10.7 Å². The largest absolute Gasteiger partial charge is 0.494 e. The number of ether oxygens (including phenoxy) is 1. The fraction of sp³-hybridized carbons (Fsp3) is 0.357. The molecule has 1 amide bonds. The summed E-state index contributed by atoms with van der Waals surface area (Å²) < 4.78 is 19.8. The number of thiophene rings is 1. The second kappa shape index (κ2) is 4.81. The molecule has 1 heterocycles. The molecule has 0 radical (unpaired) electrons. The van der Waals surface area contributed by atoms with Crippen molar-refractivity contribution in [1.82, 2.24) is 5.32 Å². The fourth-order valence-corrected chi connectivity index (χ4v) is 2.90. The maximum Gasteiger partial charge on any atom is 0.265 e. The molecule has 0 aliphatic carbocycles. The molecule has 3 nitrogen and oxygen atoms in total. The van der Waals surface area contributed by atoms with Crippen LogP contribution in [0.2, 0.25) is 0 Å². The number of carbonyl (C=O) groups is 1. The minimum atomic E-state index is -0.375. The van der Waals surface area contributed by atoms with Crippen molar-refractivity contribution in [2.45, 2.75) is 26.3 Å². The van der Waals surface area contributed by atoms with Gasteiger partial charge in [0.2, 0.25) is 0 Å². The first-order chi connectivity index (χ1) is 8.83. The minimum absolute atomic E-state index is 0.245. The lowest BCUT2D eigenvalue weighted by Gasteiger charge is -2.20. The molecule has 1 aromatic heterocycles. The van der Waals surface area contributed by atoms with Crippen LogP contribution in [0, 0.1) is 5.82 Å². The Morgan fingerprint density at radius 3 is 2.63 bits per heavy atom. The number of hydrogen-bond donors (Lipinski definition) is 1. The third kappa shape index (κ3) is 2.71. The summed E-state index contributed by atoms with van der Waals surface area (Å²) in [5.41, 5.74) is -0.350. The first-order valence-electron chi connectivity index (χ1n) is 5.91. The first-order valence-corrected chi connectivity index (χ1v) is 6.72. The highest BCUT2D eigenvalue weighted by Gasteiger charge is 2.24. The number of carbonyl (C=O) groups excluding carboxylic acids is 1. The van der Waals surface area contributed by atoms with E-state index in [1.807, 2.05) is 20.8 Å². The number of fused-ring (bicyclic) bond motifs is 1. The van der Waals surface area contributed by atoms with E-state index in [4.69, 9.17) is 4.74 Å². The van der Waals surface area contributed by atoms with Crippen molar-refractivity contribution in [3.05, 3.63) is 28.9 Å². The topological polar surface area (TPSA) is 38.3 Å². The number of nitrogens with one attached hydrogen (secondary N) is 1. The summed E-state index contributed by atoms with van der Waals surface area (Å²) in [6, 6.07) is 4.77. The van der Waals surface area contributed by atoms with Crippen molar-refractivity contribution in [3.8, 4) is 5.75 Å². The Balaban J connectivity index is 2.55. The molecule has 102 valence electrons. The molecule has 1 aromatic carbocycles. The molecule has 0 atom stereocenters. The molecule has 0 unspecified atom stereocenters. The maximum atomic E-state index is 13.8. The van der Waals surface area contributed by atoms with Crippen molar-refractivity contribution < 1.29 is 13.9 Å². The summed E-state index contributed by atoms with van der Waals surface area (Å²) >= 11 is 1.23. The van der Waals surface area contributed by atoms with Gasteiger partial charge >= 0.3 is 0 Å². The lowest BCUT2D eigenvalue weighted by Crippen LogP contribution is -2.40. The average Bonchev–Trinajstić information content (AvgIpc) is 2.66. The van der Waals surface area contributed by atoms with Crippen LogP contribution < -0.4 is 10.1 Å². The van der Waals surface area contributed by atoms with E-state index < -0.39 is 0 Å². The quantitative estimate of drug-likeness (QED) is 0.913. The van der Waals surface area contributed by atoms with Gasteiger partial charge in [-0.2, -0.15) is 0 Å². The predicted molar refractivity (Wildman–Crippen MR) is 75.6 cm³/mol. The van der Waals surface area contributed by atoms with Crippen molar-refractivity contribution >= 4 is 27.3 Å². The number of benzene rings is 1. The van der Waals surface area contributed by atoms with E-state index in [1.54, 1.807) is 12.1 Å². The van der Waals surface area contributed by atoms with Gasteiger partial charge in [-0.05, 0) is 32.9 Å². The third-order valence-corrected chi connectivity index (χ3v) is 3.65. The van der Waals surface area contributed by atoms with Gasteiger partial charge in [0.15, 0.2) is 5.75 Å². The fourth-order valence-electron chi connectivity index (χ4n) is 1.82. The van der Waals surface area contributed by atoms with Gasteiger partial charge in [-0.3, -0.25) is 4.79 Å². The Hall–Kier alpha value is -1.62. The van der Waals surface area contributed by atoms with Gasteiger partial charge in [0.05, 0.1) is 12.5 Å². The SMILES string of the molecule is COc1c(C(=O)NC(C)(C)C)sc2cccc(F)c12. The highest BCUT2D eigenvalue weighted by atomic mass is 32.1. The van der Waals surface area contributed by atoms with Crippen LogP contribution in [-0.4, -0.2) is 18.6 Å². The lowest BCUT2D eigenvalue weighted by molar-refractivity contribution is 0.0921. The van der Waals surface area contributed by atoms with E-state index >= 15 is 0 Å². The molecular formula is C14H16FNO2S. The summed E-state index contributed by atoms with van der Waals surface area (Å²) in [5, 5.41) is 3.23. The van der Waals surface area contributed by atoms with Gasteiger partial charge < -0.3 is 10.1 Å². The molecule has 0 saturated heterocycles. The molecule has 5 heteroatoms. The van der Waals surface area contributed by atoms with Crippen LogP contribution in [0.5, 0.6) is 5.75 Å². The van der Waals surface area contributed by atoms with Gasteiger partial charge in [0, 0.05) is 10.2 Å². The van der Waals surface area contributed by atoms with Crippen molar-refractivity contribution in [1.29, 1.82) is 0 Å². The molecule has 0 bridgehead atoms.